The molecule has 4 saturated carbocycles. The first-order valence-electron chi connectivity index (χ1n) is 7.15. The Balaban J connectivity index is 1.83. The summed E-state index contributed by atoms with van der Waals surface area (Å²) in [6.07, 6.45) is 5.91. The number of hydrogen-bond acceptors (Lipinski definition) is 4. The number of Topliss-reactive ketones (excluding diaryl/α,β-unsaturated/α-hetero) is 1. The van der Waals surface area contributed by atoms with Crippen LogP contribution in [0.25, 0.3) is 0 Å². The summed E-state index contributed by atoms with van der Waals surface area (Å²) >= 11 is 0. The number of rotatable bonds is 3. The van der Waals surface area contributed by atoms with E-state index in [4.69, 9.17) is 0 Å². The van der Waals surface area contributed by atoms with Crippen molar-refractivity contribution in [2.24, 2.45) is 35.5 Å². The minimum absolute atomic E-state index is 0.0874. The molecule has 0 aliphatic heterocycles. The summed E-state index contributed by atoms with van der Waals surface area (Å²) in [6, 6.07) is 2.09. The van der Waals surface area contributed by atoms with Gasteiger partial charge in [-0.3, -0.25) is 4.79 Å². The van der Waals surface area contributed by atoms with Crippen molar-refractivity contribution in [3.8, 4) is 6.07 Å². The van der Waals surface area contributed by atoms with Crippen LogP contribution in [0.3, 0.4) is 0 Å². The van der Waals surface area contributed by atoms with E-state index in [1.54, 1.807) is 0 Å². The zero-order valence-electron chi connectivity index (χ0n) is 11.2. The van der Waals surface area contributed by atoms with Crippen LogP contribution in [-0.2, 0) is 14.3 Å². The van der Waals surface area contributed by atoms with Crippen LogP contribution in [0.15, 0.2) is 0 Å². The molecule has 0 spiro atoms. The van der Waals surface area contributed by atoms with Gasteiger partial charge in [0.1, 0.15) is 5.92 Å². The molecule has 4 nitrogen and oxygen atoms in total. The topological polar surface area (TPSA) is 67.2 Å². The summed E-state index contributed by atoms with van der Waals surface area (Å²) in [6.45, 7) is 0. The summed E-state index contributed by atoms with van der Waals surface area (Å²) in [5, 5.41) is 9.35. The number of carbonyl (C=O) groups excluding carboxylic acids is 2. The second kappa shape index (κ2) is 4.63. The molecule has 0 radical (unpaired) electrons. The Kier molecular flexibility index (Phi) is 3.08. The van der Waals surface area contributed by atoms with Crippen LogP contribution in [0.5, 0.6) is 0 Å². The minimum Gasteiger partial charge on any atom is -0.463 e. The highest BCUT2D eigenvalue weighted by molar-refractivity contribution is 6.35. The van der Waals surface area contributed by atoms with E-state index in [-0.39, 0.29) is 5.92 Å². The maximum absolute atomic E-state index is 12.0. The number of ketones is 1. The third kappa shape index (κ3) is 1.96. The zero-order chi connectivity index (χ0) is 13.6. The van der Waals surface area contributed by atoms with Gasteiger partial charge in [0.2, 0.25) is 0 Å². The van der Waals surface area contributed by atoms with Crippen LogP contribution in [0.1, 0.15) is 32.1 Å². The second-order valence-corrected chi connectivity index (χ2v) is 6.47. The number of nitriles is 1. The van der Waals surface area contributed by atoms with E-state index in [1.807, 2.05) is 0 Å². The molecule has 4 aliphatic rings. The van der Waals surface area contributed by atoms with Gasteiger partial charge in [0.05, 0.1) is 13.2 Å². The molecule has 4 rings (SSSR count). The summed E-state index contributed by atoms with van der Waals surface area (Å²) < 4.78 is 4.50. The fraction of sp³-hybridized carbons (Fsp3) is 0.800. The van der Waals surface area contributed by atoms with E-state index >= 15 is 0 Å². The molecule has 19 heavy (non-hydrogen) atoms. The van der Waals surface area contributed by atoms with Crippen LogP contribution in [0, 0.1) is 46.8 Å². The molecule has 4 bridgehead atoms. The van der Waals surface area contributed by atoms with Crippen LogP contribution >= 0.6 is 0 Å². The van der Waals surface area contributed by atoms with Gasteiger partial charge in [-0.2, -0.15) is 5.26 Å². The summed E-state index contributed by atoms with van der Waals surface area (Å²) in [5.41, 5.74) is 0. The molecule has 0 N–H and O–H groups in total. The van der Waals surface area contributed by atoms with Gasteiger partial charge in [0.15, 0.2) is 0 Å². The smallest absolute Gasteiger partial charge is 0.375 e. The largest absolute Gasteiger partial charge is 0.463 e. The number of ether oxygens (including phenoxy) is 1. The van der Waals surface area contributed by atoms with Crippen LogP contribution in [-0.4, -0.2) is 18.9 Å². The monoisotopic (exact) mass is 261 g/mol. The van der Waals surface area contributed by atoms with Crippen molar-refractivity contribution in [1.82, 2.24) is 0 Å². The average Bonchev–Trinajstić information content (AvgIpc) is 2.40. The van der Waals surface area contributed by atoms with Crippen molar-refractivity contribution in [3.63, 3.8) is 0 Å². The normalized spacial score (nSPS) is 40.5. The lowest BCUT2D eigenvalue weighted by atomic mass is 9.49. The molecule has 4 fully saturated rings. The summed E-state index contributed by atoms with van der Waals surface area (Å²) in [7, 11) is 1.20. The van der Waals surface area contributed by atoms with Crippen molar-refractivity contribution in [1.29, 1.82) is 5.26 Å². The molecule has 0 aromatic heterocycles. The standard InChI is InChI=1S/C15H19NO3/c1-19-15(18)14(17)12(7-16)13-10-3-8-2-9(5-10)6-11(13)4-8/h8-13H,2-6H2,1H3. The number of nitrogens with zero attached hydrogens (tertiary/aromatic N) is 1. The van der Waals surface area contributed by atoms with Gasteiger partial charge in [-0.05, 0) is 61.7 Å². The first-order chi connectivity index (χ1) is 9.13. The zero-order valence-corrected chi connectivity index (χ0v) is 11.2. The number of methoxy groups -OCH3 is 1. The molecule has 0 amide bonds. The molecule has 4 aliphatic carbocycles. The van der Waals surface area contributed by atoms with E-state index in [1.165, 1.54) is 13.5 Å². The van der Waals surface area contributed by atoms with Gasteiger partial charge < -0.3 is 4.74 Å². The maximum Gasteiger partial charge on any atom is 0.375 e. The van der Waals surface area contributed by atoms with Crippen molar-refractivity contribution in [2.75, 3.05) is 7.11 Å². The quantitative estimate of drug-likeness (QED) is 0.575. The molecule has 1 atom stereocenters. The Morgan fingerprint density at radius 2 is 1.63 bits per heavy atom. The van der Waals surface area contributed by atoms with Crippen LogP contribution in [0.4, 0.5) is 0 Å². The molecular weight excluding hydrogens is 242 g/mol. The number of esters is 1. The van der Waals surface area contributed by atoms with Gasteiger partial charge in [-0.15, -0.1) is 0 Å². The van der Waals surface area contributed by atoms with Gasteiger partial charge in [0.25, 0.3) is 5.78 Å². The van der Waals surface area contributed by atoms with E-state index in [0.29, 0.717) is 11.8 Å². The Morgan fingerprint density at radius 3 is 2.05 bits per heavy atom. The minimum atomic E-state index is -0.861. The van der Waals surface area contributed by atoms with E-state index in [9.17, 15) is 14.9 Å². The first kappa shape index (κ1) is 12.7. The highest BCUT2D eigenvalue weighted by Crippen LogP contribution is 2.58. The average molecular weight is 261 g/mol. The van der Waals surface area contributed by atoms with Gasteiger partial charge in [0, 0.05) is 0 Å². The molecule has 0 aromatic rings. The maximum atomic E-state index is 12.0. The summed E-state index contributed by atoms with van der Waals surface area (Å²) in [4.78, 5) is 23.5. The Hall–Kier alpha value is -1.37. The number of hydrogen-bond donors (Lipinski definition) is 0. The fourth-order valence-electron chi connectivity index (χ4n) is 5.06. The number of carbonyl (C=O) groups is 2. The molecule has 102 valence electrons. The fourth-order valence-corrected chi connectivity index (χ4v) is 5.06. The Morgan fingerprint density at radius 1 is 1.11 bits per heavy atom. The van der Waals surface area contributed by atoms with Gasteiger partial charge >= 0.3 is 5.97 Å². The van der Waals surface area contributed by atoms with Crippen molar-refractivity contribution in [3.05, 3.63) is 0 Å². The van der Waals surface area contributed by atoms with Crippen molar-refractivity contribution >= 4 is 11.8 Å². The van der Waals surface area contributed by atoms with E-state index in [0.717, 1.165) is 37.5 Å². The highest BCUT2D eigenvalue weighted by Gasteiger charge is 2.52. The van der Waals surface area contributed by atoms with Crippen LogP contribution < -0.4 is 0 Å². The van der Waals surface area contributed by atoms with Gasteiger partial charge in [-0.1, -0.05) is 0 Å². The highest BCUT2D eigenvalue weighted by atomic mass is 16.5. The molecule has 0 aromatic carbocycles. The SMILES string of the molecule is COC(=O)C(=O)C(C#N)C1C2CC3CC(C2)CC1C3. The Bertz CT molecular complexity index is 423. The van der Waals surface area contributed by atoms with Crippen LogP contribution in [0.2, 0.25) is 0 Å². The molecular formula is C15H19NO3. The van der Waals surface area contributed by atoms with Crippen molar-refractivity contribution < 1.29 is 14.3 Å². The molecule has 4 heteroatoms. The lowest BCUT2D eigenvalue weighted by Crippen LogP contribution is -2.49. The van der Waals surface area contributed by atoms with E-state index in [2.05, 4.69) is 10.8 Å². The lowest BCUT2D eigenvalue weighted by molar-refractivity contribution is -0.155. The second-order valence-electron chi connectivity index (χ2n) is 6.47. The first-order valence-corrected chi connectivity index (χ1v) is 7.15. The predicted octanol–water partition coefficient (Wildman–Crippen LogP) is 1.94. The van der Waals surface area contributed by atoms with Crippen molar-refractivity contribution in [2.45, 2.75) is 32.1 Å². The molecule has 1 unspecified atom stereocenters. The van der Waals surface area contributed by atoms with Gasteiger partial charge in [-0.25, -0.2) is 4.79 Å². The molecule has 0 heterocycles. The third-order valence-corrected chi connectivity index (χ3v) is 5.49. The lowest BCUT2D eigenvalue weighted by Gasteiger charge is -2.55. The molecule has 0 saturated heterocycles. The van der Waals surface area contributed by atoms with E-state index < -0.39 is 17.7 Å². The Labute approximate surface area is 113 Å². The predicted molar refractivity (Wildman–Crippen MR) is 66.7 cm³/mol. The summed E-state index contributed by atoms with van der Waals surface area (Å²) in [5.74, 6) is 0.330. The third-order valence-electron chi connectivity index (χ3n) is 5.49.